The zero-order valence-corrected chi connectivity index (χ0v) is 7.63. The minimum Gasteiger partial charge on any atom is -0.396 e. The van der Waals surface area contributed by atoms with Crippen molar-refractivity contribution < 1.29 is 14.6 Å². The molecule has 12 heavy (non-hydrogen) atoms. The first-order valence-electron chi connectivity index (χ1n) is 4.47. The normalized spacial score (nSPS) is 10.5. The molecule has 1 N–H and O–H groups in total. The number of aliphatic hydroxyl groups excluding tert-OH is 1. The lowest BCUT2D eigenvalue weighted by Crippen LogP contribution is -2.03. The number of aliphatic hydroxyl groups is 1. The van der Waals surface area contributed by atoms with Gasteiger partial charge in [-0.3, -0.25) is 0 Å². The Labute approximate surface area is 74.7 Å². The van der Waals surface area contributed by atoms with Crippen LogP contribution in [0.25, 0.3) is 0 Å². The SMILES string of the molecule is [CH2]CCOCCCOCCCO. The van der Waals surface area contributed by atoms with E-state index in [0.717, 1.165) is 39.1 Å². The van der Waals surface area contributed by atoms with Crippen molar-refractivity contribution in [2.45, 2.75) is 19.3 Å². The highest BCUT2D eigenvalue weighted by atomic mass is 16.5. The molecule has 0 unspecified atom stereocenters. The minimum absolute atomic E-state index is 0.206. The second-order valence-electron chi connectivity index (χ2n) is 2.51. The molecule has 0 atom stereocenters. The molecule has 0 aromatic rings. The van der Waals surface area contributed by atoms with E-state index >= 15 is 0 Å². The molecule has 0 spiro atoms. The van der Waals surface area contributed by atoms with E-state index in [1.807, 2.05) is 0 Å². The fourth-order valence-electron chi connectivity index (χ4n) is 0.736. The Hall–Kier alpha value is -0.120. The van der Waals surface area contributed by atoms with Crippen LogP contribution >= 0.6 is 0 Å². The first-order valence-corrected chi connectivity index (χ1v) is 4.47. The number of ether oxygens (including phenoxy) is 2. The molecule has 0 aliphatic rings. The maximum Gasteiger partial charge on any atom is 0.0488 e. The summed E-state index contributed by atoms with van der Waals surface area (Å²) in [6.45, 7) is 6.71. The molecular formula is C9H19O3. The van der Waals surface area contributed by atoms with Gasteiger partial charge >= 0.3 is 0 Å². The molecule has 3 heteroatoms. The van der Waals surface area contributed by atoms with Gasteiger partial charge in [0.15, 0.2) is 0 Å². The lowest BCUT2D eigenvalue weighted by molar-refractivity contribution is 0.0776. The Kier molecular flexibility index (Phi) is 10.8. The molecule has 0 amide bonds. The molecule has 0 aromatic carbocycles. The zero-order valence-electron chi connectivity index (χ0n) is 7.63. The zero-order chi connectivity index (χ0) is 9.07. The highest BCUT2D eigenvalue weighted by Gasteiger charge is 1.89. The van der Waals surface area contributed by atoms with Gasteiger partial charge in [0.1, 0.15) is 0 Å². The Morgan fingerprint density at radius 1 is 0.917 bits per heavy atom. The fourth-order valence-corrected chi connectivity index (χ4v) is 0.736. The Bertz CT molecular complexity index is 66.2. The summed E-state index contributed by atoms with van der Waals surface area (Å²) >= 11 is 0. The van der Waals surface area contributed by atoms with Crippen molar-refractivity contribution in [3.05, 3.63) is 6.92 Å². The van der Waals surface area contributed by atoms with Gasteiger partial charge in [0.25, 0.3) is 0 Å². The van der Waals surface area contributed by atoms with Crippen molar-refractivity contribution >= 4 is 0 Å². The summed E-state index contributed by atoms with van der Waals surface area (Å²) in [6.07, 6.45) is 2.47. The van der Waals surface area contributed by atoms with Gasteiger partial charge in [0.2, 0.25) is 0 Å². The summed E-state index contributed by atoms with van der Waals surface area (Å²) in [5.74, 6) is 0. The summed E-state index contributed by atoms with van der Waals surface area (Å²) in [7, 11) is 0. The van der Waals surface area contributed by atoms with E-state index in [0.29, 0.717) is 6.61 Å². The predicted molar refractivity (Wildman–Crippen MR) is 47.9 cm³/mol. The number of hydrogen-bond donors (Lipinski definition) is 1. The quantitative estimate of drug-likeness (QED) is 0.532. The van der Waals surface area contributed by atoms with E-state index in [2.05, 4.69) is 6.92 Å². The predicted octanol–water partition coefficient (Wildman–Crippen LogP) is 1.02. The van der Waals surface area contributed by atoms with E-state index < -0.39 is 0 Å². The smallest absolute Gasteiger partial charge is 0.0488 e. The van der Waals surface area contributed by atoms with E-state index in [4.69, 9.17) is 14.6 Å². The second-order valence-corrected chi connectivity index (χ2v) is 2.51. The highest BCUT2D eigenvalue weighted by molar-refractivity contribution is 4.39. The van der Waals surface area contributed by atoms with Gasteiger partial charge in [-0.2, -0.15) is 0 Å². The summed E-state index contributed by atoms with van der Waals surface area (Å²) < 4.78 is 10.4. The van der Waals surface area contributed by atoms with Gasteiger partial charge in [-0.15, -0.1) is 0 Å². The van der Waals surface area contributed by atoms with Gasteiger partial charge < -0.3 is 14.6 Å². The third-order valence-corrected chi connectivity index (χ3v) is 1.31. The van der Waals surface area contributed by atoms with E-state index in [1.54, 1.807) is 0 Å². The van der Waals surface area contributed by atoms with Crippen molar-refractivity contribution in [1.82, 2.24) is 0 Å². The Balaban J connectivity index is 2.73. The molecule has 0 fully saturated rings. The lowest BCUT2D eigenvalue weighted by atomic mass is 10.4. The van der Waals surface area contributed by atoms with Gasteiger partial charge in [-0.05, 0) is 19.3 Å². The van der Waals surface area contributed by atoms with E-state index in [1.165, 1.54) is 0 Å². The van der Waals surface area contributed by atoms with E-state index in [9.17, 15) is 0 Å². The van der Waals surface area contributed by atoms with Crippen molar-refractivity contribution in [1.29, 1.82) is 0 Å². The van der Waals surface area contributed by atoms with Crippen LogP contribution in [0.5, 0.6) is 0 Å². The maximum absolute atomic E-state index is 8.43. The molecule has 0 heterocycles. The van der Waals surface area contributed by atoms with Crippen molar-refractivity contribution in [3.8, 4) is 0 Å². The van der Waals surface area contributed by atoms with Crippen LogP contribution in [0.2, 0.25) is 0 Å². The van der Waals surface area contributed by atoms with Gasteiger partial charge in [-0.25, -0.2) is 0 Å². The fraction of sp³-hybridized carbons (Fsp3) is 0.889. The number of hydrogen-bond acceptors (Lipinski definition) is 3. The van der Waals surface area contributed by atoms with Crippen LogP contribution in [0.3, 0.4) is 0 Å². The van der Waals surface area contributed by atoms with Crippen LogP contribution in [0.4, 0.5) is 0 Å². The topological polar surface area (TPSA) is 38.7 Å². The number of rotatable bonds is 9. The maximum atomic E-state index is 8.43. The second kappa shape index (κ2) is 10.9. The van der Waals surface area contributed by atoms with E-state index in [-0.39, 0.29) is 6.61 Å². The van der Waals surface area contributed by atoms with Crippen LogP contribution in [-0.2, 0) is 9.47 Å². The first-order chi connectivity index (χ1) is 5.91. The van der Waals surface area contributed by atoms with Crippen LogP contribution in [0, 0.1) is 6.92 Å². The third kappa shape index (κ3) is 9.88. The molecule has 0 aliphatic carbocycles. The minimum atomic E-state index is 0.206. The summed E-state index contributed by atoms with van der Waals surface area (Å²) in [5, 5.41) is 8.43. The monoisotopic (exact) mass is 175 g/mol. The molecule has 73 valence electrons. The molecule has 1 radical (unpaired) electrons. The molecule has 0 rings (SSSR count). The standard InChI is InChI=1S/C9H19O3/c1-2-6-11-8-4-9-12-7-3-5-10/h10H,1-9H2. The molecule has 0 bridgehead atoms. The Morgan fingerprint density at radius 2 is 1.50 bits per heavy atom. The van der Waals surface area contributed by atoms with Crippen molar-refractivity contribution in [2.24, 2.45) is 0 Å². The lowest BCUT2D eigenvalue weighted by Gasteiger charge is -2.03. The van der Waals surface area contributed by atoms with Crippen LogP contribution in [0.1, 0.15) is 19.3 Å². The van der Waals surface area contributed by atoms with Crippen molar-refractivity contribution in [2.75, 3.05) is 33.0 Å². The first kappa shape index (κ1) is 11.9. The van der Waals surface area contributed by atoms with Gasteiger partial charge in [0, 0.05) is 33.0 Å². The largest absolute Gasteiger partial charge is 0.396 e. The van der Waals surface area contributed by atoms with Crippen LogP contribution in [0.15, 0.2) is 0 Å². The molecule has 0 aliphatic heterocycles. The third-order valence-electron chi connectivity index (χ3n) is 1.31. The summed E-state index contributed by atoms with van der Waals surface area (Å²) in [4.78, 5) is 0. The molecule has 0 saturated carbocycles. The average Bonchev–Trinajstić information content (AvgIpc) is 2.10. The summed E-state index contributed by atoms with van der Waals surface area (Å²) in [6, 6.07) is 0. The van der Waals surface area contributed by atoms with Crippen molar-refractivity contribution in [3.63, 3.8) is 0 Å². The molecule has 0 saturated heterocycles. The molecular weight excluding hydrogens is 156 g/mol. The van der Waals surface area contributed by atoms with Crippen LogP contribution in [-0.4, -0.2) is 38.1 Å². The van der Waals surface area contributed by atoms with Gasteiger partial charge in [-0.1, -0.05) is 6.92 Å². The average molecular weight is 175 g/mol. The Morgan fingerprint density at radius 3 is 2.08 bits per heavy atom. The highest BCUT2D eigenvalue weighted by Crippen LogP contribution is 1.88. The van der Waals surface area contributed by atoms with Crippen LogP contribution < -0.4 is 0 Å². The molecule has 0 aromatic heterocycles. The summed E-state index contributed by atoms with van der Waals surface area (Å²) in [5.41, 5.74) is 0. The molecule has 3 nitrogen and oxygen atoms in total. The van der Waals surface area contributed by atoms with Gasteiger partial charge in [0.05, 0.1) is 0 Å².